The molecule has 0 aromatic carbocycles. The van der Waals surface area contributed by atoms with Crippen molar-refractivity contribution >= 4 is 17.6 Å². The standard InChI is InChI=1S/C11H10N2O2S/c14-6-8-4-5-9(16-8)10-12-11(15-13-10)7-2-1-3-7/h4-7H,1-3H2. The summed E-state index contributed by atoms with van der Waals surface area (Å²) in [5.74, 6) is 1.79. The Morgan fingerprint density at radius 1 is 1.44 bits per heavy atom. The first kappa shape index (κ1) is 9.72. The van der Waals surface area contributed by atoms with Gasteiger partial charge < -0.3 is 4.52 Å². The van der Waals surface area contributed by atoms with Crippen LogP contribution in [-0.4, -0.2) is 16.4 Å². The van der Waals surface area contributed by atoms with Crippen molar-refractivity contribution in [2.24, 2.45) is 0 Å². The zero-order chi connectivity index (χ0) is 11.0. The van der Waals surface area contributed by atoms with Gasteiger partial charge in [-0.05, 0) is 25.0 Å². The molecular formula is C11H10N2O2S. The lowest BCUT2D eigenvalue weighted by atomic mass is 9.85. The minimum atomic E-state index is 0.451. The fraction of sp³-hybridized carbons (Fsp3) is 0.364. The van der Waals surface area contributed by atoms with Crippen LogP contribution in [-0.2, 0) is 0 Å². The van der Waals surface area contributed by atoms with Crippen LogP contribution >= 0.6 is 11.3 Å². The van der Waals surface area contributed by atoms with Gasteiger partial charge in [0.2, 0.25) is 11.7 Å². The van der Waals surface area contributed by atoms with Crippen molar-refractivity contribution in [1.82, 2.24) is 10.1 Å². The Labute approximate surface area is 96.3 Å². The van der Waals surface area contributed by atoms with Crippen LogP contribution in [0.4, 0.5) is 0 Å². The summed E-state index contributed by atoms with van der Waals surface area (Å²) >= 11 is 1.38. The fourth-order valence-corrected chi connectivity index (χ4v) is 2.44. The number of thiophene rings is 1. The highest BCUT2D eigenvalue weighted by molar-refractivity contribution is 7.16. The number of carbonyl (C=O) groups is 1. The number of nitrogens with zero attached hydrogens (tertiary/aromatic N) is 2. The van der Waals surface area contributed by atoms with Crippen LogP contribution in [0.5, 0.6) is 0 Å². The maximum Gasteiger partial charge on any atom is 0.230 e. The van der Waals surface area contributed by atoms with E-state index in [9.17, 15) is 4.79 Å². The van der Waals surface area contributed by atoms with Gasteiger partial charge in [-0.2, -0.15) is 4.98 Å². The van der Waals surface area contributed by atoms with Crippen LogP contribution in [0.1, 0.15) is 40.7 Å². The highest BCUT2D eigenvalue weighted by Crippen LogP contribution is 2.36. The normalized spacial score (nSPS) is 16.0. The molecule has 0 amide bonds. The largest absolute Gasteiger partial charge is 0.339 e. The third kappa shape index (κ3) is 1.57. The minimum Gasteiger partial charge on any atom is -0.339 e. The van der Waals surface area contributed by atoms with Gasteiger partial charge in [0.15, 0.2) is 6.29 Å². The van der Waals surface area contributed by atoms with Crippen molar-refractivity contribution in [3.8, 4) is 10.7 Å². The average Bonchev–Trinajstić information content (AvgIpc) is 2.81. The van der Waals surface area contributed by atoms with E-state index in [-0.39, 0.29) is 0 Å². The quantitative estimate of drug-likeness (QED) is 0.766. The van der Waals surface area contributed by atoms with Gasteiger partial charge in [0.05, 0.1) is 9.75 Å². The zero-order valence-corrected chi connectivity index (χ0v) is 9.37. The van der Waals surface area contributed by atoms with Crippen LogP contribution in [0.2, 0.25) is 0 Å². The second-order valence-corrected chi connectivity index (χ2v) is 5.02. The molecule has 82 valence electrons. The molecule has 0 unspecified atom stereocenters. The van der Waals surface area contributed by atoms with E-state index in [0.29, 0.717) is 16.6 Å². The molecule has 0 bridgehead atoms. The van der Waals surface area contributed by atoms with Gasteiger partial charge in [-0.15, -0.1) is 11.3 Å². The molecule has 2 aromatic rings. The third-order valence-corrected chi connectivity index (χ3v) is 3.87. The van der Waals surface area contributed by atoms with Crippen LogP contribution < -0.4 is 0 Å². The van der Waals surface area contributed by atoms with Crippen LogP contribution in [0.3, 0.4) is 0 Å². The van der Waals surface area contributed by atoms with Crippen molar-refractivity contribution in [3.05, 3.63) is 22.9 Å². The second kappa shape index (κ2) is 3.83. The molecule has 0 saturated heterocycles. The van der Waals surface area contributed by atoms with Crippen molar-refractivity contribution in [1.29, 1.82) is 0 Å². The molecule has 0 aliphatic heterocycles. The summed E-state index contributed by atoms with van der Waals surface area (Å²) in [5, 5.41) is 3.95. The SMILES string of the molecule is O=Cc1ccc(-c2noc(C3CCC3)n2)s1. The lowest BCUT2D eigenvalue weighted by Gasteiger charge is -2.20. The molecule has 16 heavy (non-hydrogen) atoms. The van der Waals surface area contributed by atoms with E-state index in [1.165, 1.54) is 17.8 Å². The van der Waals surface area contributed by atoms with Crippen molar-refractivity contribution < 1.29 is 9.32 Å². The summed E-state index contributed by atoms with van der Waals surface area (Å²) in [6, 6.07) is 3.62. The first-order valence-corrected chi connectivity index (χ1v) is 6.07. The topological polar surface area (TPSA) is 56.0 Å². The molecule has 4 nitrogen and oxygen atoms in total. The Kier molecular flexibility index (Phi) is 2.32. The van der Waals surface area contributed by atoms with Gasteiger partial charge >= 0.3 is 0 Å². The monoisotopic (exact) mass is 234 g/mol. The van der Waals surface area contributed by atoms with Crippen LogP contribution in [0.25, 0.3) is 10.7 Å². The van der Waals surface area contributed by atoms with Gasteiger partial charge in [0, 0.05) is 5.92 Å². The molecule has 1 fully saturated rings. The van der Waals surface area contributed by atoms with Crippen LogP contribution in [0, 0.1) is 0 Å². The number of aldehydes is 1. The number of aromatic nitrogens is 2. The predicted octanol–water partition coefficient (Wildman–Crippen LogP) is 2.88. The van der Waals surface area contributed by atoms with Gasteiger partial charge in [-0.25, -0.2) is 0 Å². The second-order valence-electron chi connectivity index (χ2n) is 3.90. The third-order valence-electron chi connectivity index (χ3n) is 2.86. The lowest BCUT2D eigenvalue weighted by molar-refractivity contribution is 0.112. The fourth-order valence-electron chi connectivity index (χ4n) is 1.69. The Bertz CT molecular complexity index is 514. The summed E-state index contributed by atoms with van der Waals surface area (Å²) in [5.41, 5.74) is 0. The molecule has 0 N–H and O–H groups in total. The molecule has 0 atom stereocenters. The summed E-state index contributed by atoms with van der Waals surface area (Å²) in [6.07, 6.45) is 4.37. The first-order chi connectivity index (χ1) is 7.86. The van der Waals surface area contributed by atoms with E-state index in [2.05, 4.69) is 10.1 Å². The van der Waals surface area contributed by atoms with Gasteiger partial charge in [-0.3, -0.25) is 4.79 Å². The van der Waals surface area contributed by atoms with Gasteiger partial charge in [0.1, 0.15) is 0 Å². The average molecular weight is 234 g/mol. The molecule has 0 spiro atoms. The van der Waals surface area contributed by atoms with E-state index in [4.69, 9.17) is 4.52 Å². The molecule has 0 radical (unpaired) electrons. The van der Waals surface area contributed by atoms with Crippen LogP contribution in [0.15, 0.2) is 16.7 Å². The van der Waals surface area contributed by atoms with Gasteiger partial charge in [-0.1, -0.05) is 11.6 Å². The van der Waals surface area contributed by atoms with Crippen molar-refractivity contribution in [3.63, 3.8) is 0 Å². The predicted molar refractivity (Wildman–Crippen MR) is 59.6 cm³/mol. The molecule has 1 saturated carbocycles. The summed E-state index contributed by atoms with van der Waals surface area (Å²) < 4.78 is 5.22. The molecule has 2 aromatic heterocycles. The van der Waals surface area contributed by atoms with Gasteiger partial charge in [0.25, 0.3) is 0 Å². The Hall–Kier alpha value is -1.49. The number of carbonyl (C=O) groups excluding carboxylic acids is 1. The highest BCUT2D eigenvalue weighted by Gasteiger charge is 2.25. The summed E-state index contributed by atoms with van der Waals surface area (Å²) in [7, 11) is 0. The first-order valence-electron chi connectivity index (χ1n) is 5.26. The number of hydrogen-bond donors (Lipinski definition) is 0. The molecule has 1 aliphatic rings. The number of rotatable bonds is 3. The molecule has 5 heteroatoms. The lowest BCUT2D eigenvalue weighted by Crippen LogP contribution is -2.08. The Balaban J connectivity index is 1.88. The summed E-state index contributed by atoms with van der Waals surface area (Å²) in [4.78, 5) is 16.5. The van der Waals surface area contributed by atoms with Crippen molar-refractivity contribution in [2.75, 3.05) is 0 Å². The molecule has 1 aliphatic carbocycles. The van der Waals surface area contributed by atoms with E-state index in [1.807, 2.05) is 6.07 Å². The molecular weight excluding hydrogens is 224 g/mol. The Morgan fingerprint density at radius 2 is 2.31 bits per heavy atom. The van der Waals surface area contributed by atoms with E-state index in [0.717, 1.165) is 29.9 Å². The minimum absolute atomic E-state index is 0.451. The highest BCUT2D eigenvalue weighted by atomic mass is 32.1. The summed E-state index contributed by atoms with van der Waals surface area (Å²) in [6.45, 7) is 0. The van der Waals surface area contributed by atoms with E-state index in [1.54, 1.807) is 6.07 Å². The van der Waals surface area contributed by atoms with E-state index < -0.39 is 0 Å². The maximum absolute atomic E-state index is 10.6. The van der Waals surface area contributed by atoms with Crippen molar-refractivity contribution in [2.45, 2.75) is 25.2 Å². The number of hydrogen-bond acceptors (Lipinski definition) is 5. The maximum atomic E-state index is 10.6. The smallest absolute Gasteiger partial charge is 0.230 e. The zero-order valence-electron chi connectivity index (χ0n) is 8.55. The van der Waals surface area contributed by atoms with E-state index >= 15 is 0 Å². The molecule has 2 heterocycles. The Morgan fingerprint density at radius 3 is 2.94 bits per heavy atom. The molecule has 3 rings (SSSR count).